The summed E-state index contributed by atoms with van der Waals surface area (Å²) in [4.78, 5) is 4.85. The second-order valence-corrected chi connectivity index (χ2v) is 7.09. The lowest BCUT2D eigenvalue weighted by Crippen LogP contribution is -2.45. The summed E-state index contributed by atoms with van der Waals surface area (Å²) in [6.45, 7) is 5.86. The number of nitrogens with two attached hydrogens (primary N) is 1. The smallest absolute Gasteiger partial charge is 0.184 e. The van der Waals surface area contributed by atoms with Gasteiger partial charge in [-0.15, -0.1) is 0 Å². The van der Waals surface area contributed by atoms with Crippen molar-refractivity contribution in [3.8, 4) is 0 Å². The number of furan rings is 1. The van der Waals surface area contributed by atoms with Gasteiger partial charge in [-0.25, -0.2) is 0 Å². The summed E-state index contributed by atoms with van der Waals surface area (Å²) in [5.41, 5.74) is 9.11. The van der Waals surface area contributed by atoms with Gasteiger partial charge in [-0.1, -0.05) is 23.7 Å². The Bertz CT molecular complexity index is 753. The van der Waals surface area contributed by atoms with Crippen molar-refractivity contribution in [2.24, 2.45) is 10.8 Å². The van der Waals surface area contributed by atoms with Gasteiger partial charge in [-0.3, -0.25) is 15.2 Å². The Kier molecular flexibility index (Phi) is 6.62. The topological polar surface area (TPSA) is 70.0 Å². The number of nitrogens with zero attached hydrogens (tertiary/aromatic N) is 3. The van der Waals surface area contributed by atoms with Crippen LogP contribution in [0.15, 0.2) is 45.9 Å². The normalized spacial score (nSPS) is 16.2. The highest BCUT2D eigenvalue weighted by molar-refractivity contribution is 7.80. The molecule has 8 heteroatoms. The van der Waals surface area contributed by atoms with E-state index >= 15 is 0 Å². The zero-order valence-corrected chi connectivity index (χ0v) is 16.0. The monoisotopic (exact) mass is 391 g/mol. The third-order valence-corrected chi connectivity index (χ3v) is 4.56. The van der Waals surface area contributed by atoms with E-state index in [0.29, 0.717) is 5.76 Å². The first-order valence-corrected chi connectivity index (χ1v) is 9.23. The number of hydrogen-bond donors (Lipinski definition) is 2. The van der Waals surface area contributed by atoms with Crippen LogP contribution >= 0.6 is 23.8 Å². The molecule has 0 bridgehead atoms. The first-order valence-electron chi connectivity index (χ1n) is 8.45. The molecule has 1 aromatic carbocycles. The summed E-state index contributed by atoms with van der Waals surface area (Å²) in [5.74, 6) is 1.60. The van der Waals surface area contributed by atoms with Gasteiger partial charge in [0, 0.05) is 37.7 Å². The molecule has 1 aromatic heterocycles. The minimum Gasteiger partial charge on any atom is -0.459 e. The number of piperazine rings is 1. The van der Waals surface area contributed by atoms with E-state index in [1.807, 2.05) is 24.3 Å². The first kappa shape index (κ1) is 18.8. The third-order valence-electron chi connectivity index (χ3n) is 4.21. The molecule has 0 aliphatic carbocycles. The Morgan fingerprint density at radius 3 is 2.42 bits per heavy atom. The van der Waals surface area contributed by atoms with Crippen LogP contribution in [-0.2, 0) is 13.1 Å². The summed E-state index contributed by atoms with van der Waals surface area (Å²) < 4.78 is 5.76. The molecule has 0 unspecified atom stereocenters. The molecule has 1 fully saturated rings. The summed E-state index contributed by atoms with van der Waals surface area (Å²) in [5, 5.41) is 4.80. The molecule has 0 radical (unpaired) electrons. The zero-order valence-electron chi connectivity index (χ0n) is 14.4. The van der Waals surface area contributed by atoms with E-state index in [9.17, 15) is 0 Å². The van der Waals surface area contributed by atoms with Crippen LogP contribution in [0, 0.1) is 0 Å². The van der Waals surface area contributed by atoms with Crippen LogP contribution in [0.4, 0.5) is 0 Å². The highest BCUT2D eigenvalue weighted by Crippen LogP contribution is 2.15. The molecule has 1 aliphatic rings. The molecule has 6 nitrogen and oxygen atoms in total. The maximum Gasteiger partial charge on any atom is 0.184 e. The summed E-state index contributed by atoms with van der Waals surface area (Å²) in [7, 11) is 0. The van der Waals surface area contributed by atoms with E-state index in [-0.39, 0.29) is 5.11 Å². The van der Waals surface area contributed by atoms with Crippen molar-refractivity contribution < 1.29 is 4.42 Å². The average molecular weight is 392 g/mol. The second kappa shape index (κ2) is 9.14. The average Bonchev–Trinajstić information content (AvgIpc) is 3.06. The number of nitrogens with one attached hydrogen (secondary N) is 1. The molecule has 0 amide bonds. The Morgan fingerprint density at radius 2 is 1.77 bits per heavy atom. The van der Waals surface area contributed by atoms with E-state index in [2.05, 4.69) is 44.7 Å². The summed E-state index contributed by atoms with van der Waals surface area (Å²) in [6.07, 6.45) is 1.56. The molecule has 26 heavy (non-hydrogen) atoms. The molecule has 138 valence electrons. The fraction of sp³-hybridized carbons (Fsp3) is 0.333. The number of rotatable bonds is 6. The van der Waals surface area contributed by atoms with Crippen molar-refractivity contribution in [1.82, 2.24) is 15.2 Å². The maximum atomic E-state index is 5.94. The van der Waals surface area contributed by atoms with Gasteiger partial charge in [0.2, 0.25) is 0 Å². The van der Waals surface area contributed by atoms with Gasteiger partial charge in [0.05, 0.1) is 12.8 Å². The fourth-order valence-corrected chi connectivity index (χ4v) is 3.06. The number of halogens is 1. The lowest BCUT2D eigenvalue weighted by atomic mass is 10.2. The van der Waals surface area contributed by atoms with E-state index in [1.54, 1.807) is 6.21 Å². The Hall–Kier alpha value is -1.93. The molecule has 0 atom stereocenters. The number of hydrogen-bond acceptors (Lipinski definition) is 5. The first-order chi connectivity index (χ1) is 12.6. The SMILES string of the molecule is NC(=S)N/N=C/c1ccc(CN2CCN(Cc3ccc(Cl)cc3)CC2)o1. The van der Waals surface area contributed by atoms with Crippen molar-refractivity contribution in [2.75, 3.05) is 26.2 Å². The van der Waals surface area contributed by atoms with Gasteiger partial charge in [0.15, 0.2) is 5.11 Å². The molecule has 1 aliphatic heterocycles. The molecule has 3 rings (SSSR count). The molecule has 3 N–H and O–H groups in total. The molecule has 1 saturated heterocycles. The van der Waals surface area contributed by atoms with Crippen molar-refractivity contribution in [3.63, 3.8) is 0 Å². The molecule has 2 aromatic rings. The summed E-state index contributed by atoms with van der Waals surface area (Å²) in [6, 6.07) is 11.9. The van der Waals surface area contributed by atoms with Crippen LogP contribution in [0.2, 0.25) is 5.02 Å². The number of hydrazone groups is 1. The van der Waals surface area contributed by atoms with Crippen LogP contribution in [0.25, 0.3) is 0 Å². The highest BCUT2D eigenvalue weighted by Gasteiger charge is 2.18. The summed E-state index contributed by atoms with van der Waals surface area (Å²) >= 11 is 10.6. The van der Waals surface area contributed by atoms with Gasteiger partial charge >= 0.3 is 0 Å². The third kappa shape index (κ3) is 5.81. The number of benzene rings is 1. The Labute approximate surface area is 163 Å². The lowest BCUT2D eigenvalue weighted by Gasteiger charge is -2.34. The quantitative estimate of drug-likeness (QED) is 0.447. The second-order valence-electron chi connectivity index (χ2n) is 6.22. The molecule has 0 saturated carbocycles. The lowest BCUT2D eigenvalue weighted by molar-refractivity contribution is 0.116. The molecule has 2 heterocycles. The highest BCUT2D eigenvalue weighted by atomic mass is 35.5. The van der Waals surface area contributed by atoms with Gasteiger partial charge in [-0.2, -0.15) is 5.10 Å². The van der Waals surface area contributed by atoms with E-state index < -0.39 is 0 Å². The van der Waals surface area contributed by atoms with Crippen LogP contribution in [0.5, 0.6) is 0 Å². The minimum atomic E-state index is 0.129. The van der Waals surface area contributed by atoms with Crippen molar-refractivity contribution in [3.05, 3.63) is 58.5 Å². The van der Waals surface area contributed by atoms with Gasteiger partial charge in [-0.05, 0) is 42.0 Å². The molecular formula is C18H22ClN5OS. The van der Waals surface area contributed by atoms with E-state index in [1.165, 1.54) is 5.56 Å². The molecule has 0 spiro atoms. The largest absolute Gasteiger partial charge is 0.459 e. The van der Waals surface area contributed by atoms with Crippen LogP contribution < -0.4 is 11.2 Å². The van der Waals surface area contributed by atoms with Gasteiger partial charge < -0.3 is 10.2 Å². The molecular weight excluding hydrogens is 370 g/mol. The maximum absolute atomic E-state index is 5.94. The van der Waals surface area contributed by atoms with Crippen LogP contribution in [0.3, 0.4) is 0 Å². The van der Waals surface area contributed by atoms with Crippen molar-refractivity contribution >= 4 is 35.1 Å². The standard InChI is InChI=1S/C18H22ClN5OS/c19-15-3-1-14(2-4-15)12-23-7-9-24(10-8-23)13-17-6-5-16(25-17)11-21-22-18(20)26/h1-6,11H,7-10,12-13H2,(H3,20,22,26)/b21-11+. The van der Waals surface area contributed by atoms with Gasteiger partial charge in [0.1, 0.15) is 11.5 Å². The minimum absolute atomic E-state index is 0.129. The van der Waals surface area contributed by atoms with E-state index in [0.717, 1.165) is 50.1 Å². The predicted molar refractivity (Wildman–Crippen MR) is 108 cm³/mol. The van der Waals surface area contributed by atoms with E-state index in [4.69, 9.17) is 21.8 Å². The van der Waals surface area contributed by atoms with Crippen molar-refractivity contribution in [1.29, 1.82) is 0 Å². The predicted octanol–water partition coefficient (Wildman–Crippen LogP) is 2.42. The van der Waals surface area contributed by atoms with Crippen molar-refractivity contribution in [2.45, 2.75) is 13.1 Å². The number of thiocarbonyl (C=S) groups is 1. The van der Waals surface area contributed by atoms with Crippen LogP contribution in [-0.4, -0.2) is 47.3 Å². The Balaban J connectivity index is 1.44. The Morgan fingerprint density at radius 1 is 1.12 bits per heavy atom. The van der Waals surface area contributed by atoms with Gasteiger partial charge in [0.25, 0.3) is 0 Å². The zero-order chi connectivity index (χ0) is 18.4. The van der Waals surface area contributed by atoms with Crippen LogP contribution in [0.1, 0.15) is 17.1 Å². The fourth-order valence-electron chi connectivity index (χ4n) is 2.88.